The van der Waals surface area contributed by atoms with Gasteiger partial charge in [0.05, 0.1) is 21.3 Å². The second-order valence-corrected chi connectivity index (χ2v) is 6.66. The Morgan fingerprint density at radius 1 is 0.938 bits per heavy atom. The van der Waals surface area contributed by atoms with Gasteiger partial charge in [-0.3, -0.25) is 0 Å². The largest absolute Gasteiger partial charge is 0.493 e. The van der Waals surface area contributed by atoms with E-state index in [0.717, 1.165) is 11.8 Å². The lowest BCUT2D eigenvalue weighted by molar-refractivity contribution is -0.137. The molecule has 170 valence electrons. The number of hydrogen-bond donors (Lipinski definition) is 2. The number of aromatic nitrogens is 2. The maximum absolute atomic E-state index is 13.5. The van der Waals surface area contributed by atoms with E-state index in [9.17, 15) is 13.2 Å². The highest BCUT2D eigenvalue weighted by Gasteiger charge is 2.35. The van der Waals surface area contributed by atoms with Crippen LogP contribution < -0.4 is 24.8 Å². The minimum atomic E-state index is -4.60. The molecule has 0 atom stereocenters. The van der Waals surface area contributed by atoms with Crippen LogP contribution in [0.25, 0.3) is 0 Å². The Morgan fingerprint density at radius 3 is 2.16 bits per heavy atom. The lowest BCUT2D eigenvalue weighted by atomic mass is 10.1. The third-order valence-electron chi connectivity index (χ3n) is 4.56. The molecular weight excluding hydrogens is 425 g/mol. The minimum absolute atomic E-state index is 0.0190. The van der Waals surface area contributed by atoms with Crippen LogP contribution in [-0.2, 0) is 12.6 Å². The van der Waals surface area contributed by atoms with E-state index in [1.54, 1.807) is 12.1 Å². The maximum atomic E-state index is 13.5. The van der Waals surface area contributed by atoms with Crippen molar-refractivity contribution in [2.24, 2.45) is 0 Å². The number of nitrogens with one attached hydrogen (secondary N) is 2. The molecule has 2 N–H and O–H groups in total. The van der Waals surface area contributed by atoms with E-state index < -0.39 is 11.7 Å². The Bertz CT molecular complexity index is 1020. The Hall–Kier alpha value is -3.69. The van der Waals surface area contributed by atoms with Crippen molar-refractivity contribution in [1.82, 2.24) is 9.97 Å². The molecule has 0 bridgehead atoms. The van der Waals surface area contributed by atoms with Crippen LogP contribution in [-0.4, -0.2) is 37.8 Å². The average Bonchev–Trinajstić information content (AvgIpc) is 2.78. The lowest BCUT2D eigenvalue weighted by Crippen LogP contribution is -2.16. The van der Waals surface area contributed by atoms with Gasteiger partial charge in [0, 0.05) is 30.6 Å². The maximum Gasteiger partial charge on any atom is 0.421 e. The van der Waals surface area contributed by atoms with E-state index in [1.165, 1.54) is 21.3 Å². The smallest absolute Gasteiger partial charge is 0.421 e. The lowest BCUT2D eigenvalue weighted by Gasteiger charge is -2.16. The molecule has 0 spiro atoms. The molecule has 0 radical (unpaired) electrons. The first kappa shape index (κ1) is 23.0. The highest BCUT2D eigenvalue weighted by Crippen LogP contribution is 2.40. The van der Waals surface area contributed by atoms with Crippen molar-refractivity contribution < 1.29 is 27.4 Å². The molecule has 0 aliphatic heterocycles. The van der Waals surface area contributed by atoms with Crippen molar-refractivity contribution in [3.05, 3.63) is 59.8 Å². The Labute approximate surface area is 183 Å². The standard InChI is InChI=1S/C22H23F3N4O3/c1-30-17-11-15(12-18(31-2)19(17)32-3)28-21-27-13-16(22(23,24)25)20(29-21)26-10-9-14-7-5-4-6-8-14/h4-8,11-13H,9-10H2,1-3H3,(H2,26,27,28,29). The third-order valence-corrected chi connectivity index (χ3v) is 4.56. The fraction of sp³-hybridized carbons (Fsp3) is 0.273. The van der Waals surface area contributed by atoms with E-state index in [4.69, 9.17) is 14.2 Å². The molecule has 0 fully saturated rings. The number of methoxy groups -OCH3 is 3. The van der Waals surface area contributed by atoms with Gasteiger partial charge in [-0.25, -0.2) is 4.98 Å². The highest BCUT2D eigenvalue weighted by molar-refractivity contribution is 5.66. The van der Waals surface area contributed by atoms with Crippen molar-refractivity contribution in [3.63, 3.8) is 0 Å². The first-order valence-electron chi connectivity index (χ1n) is 9.64. The molecule has 10 heteroatoms. The summed E-state index contributed by atoms with van der Waals surface area (Å²) in [5, 5.41) is 5.66. The number of halogens is 3. The summed E-state index contributed by atoms with van der Waals surface area (Å²) in [5.41, 5.74) is 0.508. The van der Waals surface area contributed by atoms with Crippen molar-refractivity contribution in [2.45, 2.75) is 12.6 Å². The summed E-state index contributed by atoms with van der Waals surface area (Å²) >= 11 is 0. The third kappa shape index (κ3) is 5.51. The zero-order chi connectivity index (χ0) is 23.1. The number of rotatable bonds is 9. The number of nitrogens with zero attached hydrogens (tertiary/aromatic N) is 2. The van der Waals surface area contributed by atoms with Crippen molar-refractivity contribution in [2.75, 3.05) is 38.5 Å². The summed E-state index contributed by atoms with van der Waals surface area (Å²) in [6, 6.07) is 12.6. The van der Waals surface area contributed by atoms with Gasteiger partial charge in [0.25, 0.3) is 0 Å². The predicted molar refractivity (Wildman–Crippen MR) is 115 cm³/mol. The van der Waals surface area contributed by atoms with Gasteiger partial charge in [0.15, 0.2) is 11.5 Å². The van der Waals surface area contributed by atoms with Gasteiger partial charge in [-0.2, -0.15) is 18.2 Å². The number of alkyl halides is 3. The summed E-state index contributed by atoms with van der Waals surface area (Å²) < 4.78 is 56.2. The minimum Gasteiger partial charge on any atom is -0.493 e. The van der Waals surface area contributed by atoms with Gasteiger partial charge in [-0.1, -0.05) is 30.3 Å². The predicted octanol–water partition coefficient (Wildman–Crippen LogP) is 4.92. The van der Waals surface area contributed by atoms with Crippen molar-refractivity contribution in [1.29, 1.82) is 0 Å². The van der Waals surface area contributed by atoms with Crippen LogP contribution in [0, 0.1) is 0 Å². The van der Waals surface area contributed by atoms with Gasteiger partial charge in [0.2, 0.25) is 11.7 Å². The zero-order valence-electron chi connectivity index (χ0n) is 17.8. The van der Waals surface area contributed by atoms with Crippen LogP contribution >= 0.6 is 0 Å². The molecule has 0 saturated carbocycles. The van der Waals surface area contributed by atoms with Crippen LogP contribution in [0.4, 0.5) is 30.6 Å². The molecule has 0 aliphatic rings. The fourth-order valence-electron chi connectivity index (χ4n) is 3.04. The number of ether oxygens (including phenoxy) is 3. The summed E-state index contributed by atoms with van der Waals surface area (Å²) in [4.78, 5) is 7.88. The SMILES string of the molecule is COc1cc(Nc2ncc(C(F)(F)F)c(NCCc3ccccc3)n2)cc(OC)c1OC. The van der Waals surface area contributed by atoms with E-state index in [2.05, 4.69) is 20.6 Å². The molecule has 7 nitrogen and oxygen atoms in total. The second kappa shape index (κ2) is 10.1. The molecule has 3 rings (SSSR count). The molecule has 1 heterocycles. The molecule has 0 saturated heterocycles. The molecule has 0 aliphatic carbocycles. The molecule has 0 amide bonds. The van der Waals surface area contributed by atoms with Crippen LogP contribution in [0.2, 0.25) is 0 Å². The van der Waals surface area contributed by atoms with Gasteiger partial charge in [0.1, 0.15) is 11.4 Å². The number of hydrogen-bond acceptors (Lipinski definition) is 7. The summed E-state index contributed by atoms with van der Waals surface area (Å²) in [6.45, 7) is 0.272. The van der Waals surface area contributed by atoms with E-state index in [1.807, 2.05) is 30.3 Å². The van der Waals surface area contributed by atoms with Crippen LogP contribution in [0.3, 0.4) is 0 Å². The van der Waals surface area contributed by atoms with Crippen LogP contribution in [0.5, 0.6) is 17.2 Å². The molecule has 3 aromatic rings. The average molecular weight is 448 g/mol. The van der Waals surface area contributed by atoms with E-state index in [-0.39, 0.29) is 18.3 Å². The summed E-state index contributed by atoms with van der Waals surface area (Å²) in [7, 11) is 4.40. The number of benzene rings is 2. The monoisotopic (exact) mass is 448 g/mol. The van der Waals surface area contributed by atoms with Crippen molar-refractivity contribution >= 4 is 17.5 Å². The molecular formula is C22H23F3N4O3. The molecule has 0 unspecified atom stereocenters. The normalized spacial score (nSPS) is 11.1. The zero-order valence-corrected chi connectivity index (χ0v) is 17.8. The molecule has 1 aromatic heterocycles. The Kier molecular flexibility index (Phi) is 7.24. The van der Waals surface area contributed by atoms with Gasteiger partial charge >= 0.3 is 6.18 Å². The number of anilines is 3. The van der Waals surface area contributed by atoms with Gasteiger partial charge < -0.3 is 24.8 Å². The molecule has 32 heavy (non-hydrogen) atoms. The Balaban J connectivity index is 1.85. The quantitative estimate of drug-likeness (QED) is 0.481. The summed E-state index contributed by atoms with van der Waals surface area (Å²) in [5.74, 6) is 0.815. The highest BCUT2D eigenvalue weighted by atomic mass is 19.4. The fourth-order valence-corrected chi connectivity index (χ4v) is 3.04. The van der Waals surface area contributed by atoms with E-state index >= 15 is 0 Å². The topological polar surface area (TPSA) is 77.5 Å². The van der Waals surface area contributed by atoms with Crippen molar-refractivity contribution in [3.8, 4) is 17.2 Å². The van der Waals surface area contributed by atoms with E-state index in [0.29, 0.717) is 29.4 Å². The summed E-state index contributed by atoms with van der Waals surface area (Å²) in [6.07, 6.45) is -3.31. The Morgan fingerprint density at radius 2 is 1.59 bits per heavy atom. The van der Waals surface area contributed by atoms with Gasteiger partial charge in [-0.05, 0) is 12.0 Å². The molecule has 2 aromatic carbocycles. The van der Waals surface area contributed by atoms with Crippen LogP contribution in [0.15, 0.2) is 48.7 Å². The second-order valence-electron chi connectivity index (χ2n) is 6.66. The first-order valence-corrected chi connectivity index (χ1v) is 9.64. The van der Waals surface area contributed by atoms with Crippen LogP contribution in [0.1, 0.15) is 11.1 Å². The van der Waals surface area contributed by atoms with Gasteiger partial charge in [-0.15, -0.1) is 0 Å². The first-order chi connectivity index (χ1) is 15.4.